The number of aliphatic carboxylic acids is 1. The van der Waals surface area contributed by atoms with E-state index >= 15 is 0 Å². The number of ketones is 1. The lowest BCUT2D eigenvalue weighted by atomic mass is 10.0. The van der Waals surface area contributed by atoms with E-state index in [2.05, 4.69) is 10.3 Å². The number of aryl methyl sites for hydroxylation is 1. The number of rotatable bonds is 6. The number of H-pyrrole nitrogens is 1. The van der Waals surface area contributed by atoms with Crippen LogP contribution in [0, 0.1) is 6.92 Å². The number of alkyl halides is 1. The van der Waals surface area contributed by atoms with Gasteiger partial charge >= 0.3 is 5.97 Å². The maximum absolute atomic E-state index is 12.5. The lowest BCUT2D eigenvalue weighted by Crippen LogP contribution is -2.42. The molecule has 1 aromatic rings. The molecule has 1 rings (SSSR count). The molecule has 0 saturated heterocycles. The van der Waals surface area contributed by atoms with Gasteiger partial charge in [-0.2, -0.15) is 0 Å². The van der Waals surface area contributed by atoms with Crippen LogP contribution in [0.1, 0.15) is 46.0 Å². The van der Waals surface area contributed by atoms with Crippen molar-refractivity contribution in [1.82, 2.24) is 10.3 Å². The third-order valence-corrected chi connectivity index (χ3v) is 2.98. The second-order valence-corrected chi connectivity index (χ2v) is 4.41. The van der Waals surface area contributed by atoms with Crippen molar-refractivity contribution in [3.63, 3.8) is 0 Å². The molecule has 0 spiro atoms. The SMILES string of the molecule is CCc1c(C(=O)NC(CF)C(=O)O)[nH]c(C)c1C(C)=O. The average molecular weight is 284 g/mol. The van der Waals surface area contributed by atoms with Gasteiger partial charge in [-0.3, -0.25) is 9.59 Å². The zero-order chi connectivity index (χ0) is 15.4. The first kappa shape index (κ1) is 15.9. The van der Waals surface area contributed by atoms with Gasteiger partial charge in [0.1, 0.15) is 12.4 Å². The predicted molar refractivity (Wildman–Crippen MR) is 69.8 cm³/mol. The summed E-state index contributed by atoms with van der Waals surface area (Å²) in [5.74, 6) is -2.37. The van der Waals surface area contributed by atoms with E-state index in [-0.39, 0.29) is 11.5 Å². The van der Waals surface area contributed by atoms with Gasteiger partial charge in [0.2, 0.25) is 0 Å². The number of aromatic nitrogens is 1. The molecule has 6 nitrogen and oxygen atoms in total. The number of Topliss-reactive ketones (excluding diaryl/α,β-unsaturated/α-hetero) is 1. The van der Waals surface area contributed by atoms with E-state index in [1.54, 1.807) is 13.8 Å². The van der Waals surface area contributed by atoms with Crippen LogP contribution in [-0.2, 0) is 11.2 Å². The lowest BCUT2D eigenvalue weighted by molar-refractivity contribution is -0.139. The van der Waals surface area contributed by atoms with E-state index in [1.807, 2.05) is 0 Å². The summed E-state index contributed by atoms with van der Waals surface area (Å²) in [6.07, 6.45) is 0.426. The Morgan fingerprint density at radius 1 is 1.40 bits per heavy atom. The Balaban J connectivity index is 3.14. The van der Waals surface area contributed by atoms with Gasteiger partial charge in [-0.25, -0.2) is 9.18 Å². The molecule has 0 fully saturated rings. The van der Waals surface area contributed by atoms with Gasteiger partial charge in [0, 0.05) is 11.3 Å². The summed E-state index contributed by atoms with van der Waals surface area (Å²) in [5, 5.41) is 10.8. The van der Waals surface area contributed by atoms with E-state index in [1.165, 1.54) is 6.92 Å². The molecule has 7 heteroatoms. The van der Waals surface area contributed by atoms with Gasteiger partial charge in [0.25, 0.3) is 5.91 Å². The fourth-order valence-electron chi connectivity index (χ4n) is 2.10. The number of aromatic amines is 1. The Labute approximate surface area is 115 Å². The van der Waals surface area contributed by atoms with Crippen LogP contribution in [0.15, 0.2) is 0 Å². The summed E-state index contributed by atoms with van der Waals surface area (Å²) in [7, 11) is 0. The number of carboxylic acid groups (broad SMARTS) is 1. The van der Waals surface area contributed by atoms with Crippen molar-refractivity contribution in [3.8, 4) is 0 Å². The highest BCUT2D eigenvalue weighted by atomic mass is 19.1. The molecule has 1 heterocycles. The van der Waals surface area contributed by atoms with Crippen molar-refractivity contribution in [2.45, 2.75) is 33.2 Å². The highest BCUT2D eigenvalue weighted by Crippen LogP contribution is 2.20. The number of hydrogen-bond donors (Lipinski definition) is 3. The highest BCUT2D eigenvalue weighted by Gasteiger charge is 2.25. The Bertz CT molecular complexity index is 551. The molecule has 0 aromatic carbocycles. The van der Waals surface area contributed by atoms with E-state index in [9.17, 15) is 18.8 Å². The first-order valence-corrected chi connectivity index (χ1v) is 6.15. The van der Waals surface area contributed by atoms with Crippen molar-refractivity contribution in [3.05, 3.63) is 22.5 Å². The van der Waals surface area contributed by atoms with Gasteiger partial charge in [0.05, 0.1) is 0 Å². The number of amides is 1. The molecule has 0 aliphatic rings. The van der Waals surface area contributed by atoms with Gasteiger partial charge in [-0.15, -0.1) is 0 Å². The molecule has 0 radical (unpaired) electrons. The van der Waals surface area contributed by atoms with E-state index in [4.69, 9.17) is 5.11 Å². The van der Waals surface area contributed by atoms with Crippen LogP contribution in [0.2, 0.25) is 0 Å². The minimum Gasteiger partial charge on any atom is -0.480 e. The third-order valence-electron chi connectivity index (χ3n) is 2.98. The minimum absolute atomic E-state index is 0.106. The molecule has 110 valence electrons. The maximum atomic E-state index is 12.5. The van der Waals surface area contributed by atoms with Crippen molar-refractivity contribution in [2.75, 3.05) is 6.67 Å². The summed E-state index contributed by atoms with van der Waals surface area (Å²) in [6.45, 7) is 3.60. The van der Waals surface area contributed by atoms with Gasteiger partial charge in [-0.1, -0.05) is 6.92 Å². The van der Waals surface area contributed by atoms with Crippen molar-refractivity contribution in [1.29, 1.82) is 0 Å². The molecule has 3 N–H and O–H groups in total. The molecular formula is C13H17FN2O4. The summed E-state index contributed by atoms with van der Waals surface area (Å²) in [5.41, 5.74) is 1.57. The smallest absolute Gasteiger partial charge is 0.328 e. The number of carbonyl (C=O) groups is 3. The van der Waals surface area contributed by atoms with Crippen LogP contribution in [0.4, 0.5) is 4.39 Å². The Morgan fingerprint density at radius 3 is 2.40 bits per heavy atom. The quantitative estimate of drug-likeness (QED) is 0.684. The minimum atomic E-state index is -1.60. The number of carbonyl (C=O) groups excluding carboxylic acids is 2. The maximum Gasteiger partial charge on any atom is 0.328 e. The average Bonchev–Trinajstić information content (AvgIpc) is 2.72. The van der Waals surface area contributed by atoms with Crippen LogP contribution in [0.3, 0.4) is 0 Å². The van der Waals surface area contributed by atoms with Gasteiger partial charge < -0.3 is 15.4 Å². The van der Waals surface area contributed by atoms with Crippen molar-refractivity contribution >= 4 is 17.7 Å². The largest absolute Gasteiger partial charge is 0.480 e. The normalized spacial score (nSPS) is 12.0. The lowest BCUT2D eigenvalue weighted by Gasteiger charge is -2.11. The zero-order valence-electron chi connectivity index (χ0n) is 11.5. The monoisotopic (exact) mass is 284 g/mol. The number of hydrogen-bond acceptors (Lipinski definition) is 3. The topological polar surface area (TPSA) is 99.3 Å². The van der Waals surface area contributed by atoms with Crippen LogP contribution < -0.4 is 5.32 Å². The molecule has 1 atom stereocenters. The van der Waals surface area contributed by atoms with E-state index < -0.39 is 24.6 Å². The third kappa shape index (κ3) is 3.04. The van der Waals surface area contributed by atoms with Crippen molar-refractivity contribution < 1.29 is 23.9 Å². The molecule has 0 saturated carbocycles. The first-order chi connectivity index (χ1) is 9.33. The number of halogens is 1. The fraction of sp³-hybridized carbons (Fsp3) is 0.462. The second kappa shape index (κ2) is 6.31. The molecular weight excluding hydrogens is 267 g/mol. The van der Waals surface area contributed by atoms with Gasteiger partial charge in [-0.05, 0) is 25.8 Å². The van der Waals surface area contributed by atoms with Crippen LogP contribution in [0.25, 0.3) is 0 Å². The van der Waals surface area contributed by atoms with E-state index in [0.717, 1.165) is 0 Å². The molecule has 1 unspecified atom stereocenters. The standard InChI is InChI=1S/C13H17FN2O4/c1-4-8-10(7(3)17)6(2)15-11(8)12(18)16-9(5-14)13(19)20/h9,15H,4-5H2,1-3H3,(H,16,18)(H,19,20). The molecule has 1 amide bonds. The summed E-state index contributed by atoms with van der Waals surface area (Å²) in [4.78, 5) is 37.0. The van der Waals surface area contributed by atoms with Crippen LogP contribution in [0.5, 0.6) is 0 Å². The second-order valence-electron chi connectivity index (χ2n) is 4.41. The Hall–Kier alpha value is -2.18. The molecule has 0 bridgehead atoms. The Kier molecular flexibility index (Phi) is 5.01. The fourth-order valence-corrected chi connectivity index (χ4v) is 2.10. The van der Waals surface area contributed by atoms with Crippen molar-refractivity contribution in [2.24, 2.45) is 0 Å². The Morgan fingerprint density at radius 2 is 2.00 bits per heavy atom. The molecule has 0 aliphatic heterocycles. The summed E-state index contributed by atoms with van der Waals surface area (Å²) in [6, 6.07) is -1.60. The summed E-state index contributed by atoms with van der Waals surface area (Å²) >= 11 is 0. The summed E-state index contributed by atoms with van der Waals surface area (Å²) < 4.78 is 12.5. The zero-order valence-corrected chi connectivity index (χ0v) is 11.5. The number of nitrogens with one attached hydrogen (secondary N) is 2. The molecule has 0 aliphatic carbocycles. The molecule has 1 aromatic heterocycles. The predicted octanol–water partition coefficient (Wildman–Crippen LogP) is 1.24. The highest BCUT2D eigenvalue weighted by molar-refractivity contribution is 6.03. The molecule has 20 heavy (non-hydrogen) atoms. The van der Waals surface area contributed by atoms with Crippen LogP contribution >= 0.6 is 0 Å². The van der Waals surface area contributed by atoms with E-state index in [0.29, 0.717) is 23.2 Å². The van der Waals surface area contributed by atoms with Gasteiger partial charge in [0.15, 0.2) is 11.8 Å². The first-order valence-electron chi connectivity index (χ1n) is 6.15. The number of carboxylic acids is 1. The van der Waals surface area contributed by atoms with Crippen LogP contribution in [-0.4, -0.2) is 40.5 Å².